The lowest BCUT2D eigenvalue weighted by molar-refractivity contribution is 0.235. The van der Waals surface area contributed by atoms with E-state index in [9.17, 15) is 0 Å². The van der Waals surface area contributed by atoms with E-state index < -0.39 is 0 Å². The Labute approximate surface area is 132 Å². The predicted molar refractivity (Wildman–Crippen MR) is 87.7 cm³/mol. The number of hydrogen-bond donors (Lipinski definition) is 1. The van der Waals surface area contributed by atoms with Crippen LogP contribution < -0.4 is 5.32 Å². The van der Waals surface area contributed by atoms with Gasteiger partial charge in [-0.3, -0.25) is 4.90 Å². The average Bonchev–Trinajstić information content (AvgIpc) is 3.24. The Kier molecular flexibility index (Phi) is 5.74. The summed E-state index contributed by atoms with van der Waals surface area (Å²) in [5, 5.41) is 5.08. The molecule has 1 aliphatic carbocycles. The van der Waals surface area contributed by atoms with Gasteiger partial charge in [-0.25, -0.2) is 0 Å². The van der Waals surface area contributed by atoms with Gasteiger partial charge in [0.15, 0.2) is 0 Å². The van der Waals surface area contributed by atoms with E-state index >= 15 is 0 Å². The molecule has 0 amide bonds. The van der Waals surface area contributed by atoms with Gasteiger partial charge in [-0.15, -0.1) is 0 Å². The highest BCUT2D eigenvalue weighted by molar-refractivity contribution is 6.35. The largest absolute Gasteiger partial charge is 0.308 e. The lowest BCUT2D eigenvalue weighted by Crippen LogP contribution is -2.40. The summed E-state index contributed by atoms with van der Waals surface area (Å²) in [6, 6.07) is 7.39. The van der Waals surface area contributed by atoms with Crippen molar-refractivity contribution in [2.24, 2.45) is 0 Å². The molecule has 1 N–H and O–H groups in total. The SMILES string of the molecule is CCC(NCC(C)N(C)C1CC1)c1ccc(Cl)cc1Cl. The number of nitrogens with one attached hydrogen (secondary N) is 1. The maximum Gasteiger partial charge on any atom is 0.0468 e. The lowest BCUT2D eigenvalue weighted by atomic mass is 10.0. The van der Waals surface area contributed by atoms with Crippen LogP contribution in [0.4, 0.5) is 0 Å². The van der Waals surface area contributed by atoms with Gasteiger partial charge in [0.05, 0.1) is 0 Å². The minimum absolute atomic E-state index is 0.287. The Hall–Kier alpha value is -0.280. The van der Waals surface area contributed by atoms with E-state index in [2.05, 4.69) is 31.1 Å². The third-order valence-corrected chi connectivity index (χ3v) is 4.79. The summed E-state index contributed by atoms with van der Waals surface area (Å²) in [5.74, 6) is 0. The Morgan fingerprint density at radius 1 is 1.35 bits per heavy atom. The van der Waals surface area contributed by atoms with E-state index in [0.29, 0.717) is 11.1 Å². The molecule has 0 aliphatic heterocycles. The Morgan fingerprint density at radius 2 is 2.05 bits per heavy atom. The second kappa shape index (κ2) is 7.13. The van der Waals surface area contributed by atoms with Gasteiger partial charge < -0.3 is 5.32 Å². The molecular weight excluding hydrogens is 291 g/mol. The maximum atomic E-state index is 6.31. The van der Waals surface area contributed by atoms with E-state index in [0.717, 1.165) is 29.6 Å². The summed E-state index contributed by atoms with van der Waals surface area (Å²) in [6.45, 7) is 5.43. The molecule has 0 spiro atoms. The molecule has 2 unspecified atom stereocenters. The quantitative estimate of drug-likeness (QED) is 0.796. The van der Waals surface area contributed by atoms with E-state index in [1.807, 2.05) is 18.2 Å². The minimum atomic E-state index is 0.287. The van der Waals surface area contributed by atoms with Crippen molar-refractivity contribution in [1.82, 2.24) is 10.2 Å². The van der Waals surface area contributed by atoms with Crippen LogP contribution in [-0.2, 0) is 0 Å². The van der Waals surface area contributed by atoms with Crippen LogP contribution in [0, 0.1) is 0 Å². The number of halogens is 2. The molecule has 2 rings (SSSR count). The first kappa shape index (κ1) is 16.1. The van der Waals surface area contributed by atoms with Crippen molar-refractivity contribution in [3.8, 4) is 0 Å². The van der Waals surface area contributed by atoms with E-state index in [-0.39, 0.29) is 6.04 Å². The zero-order valence-corrected chi connectivity index (χ0v) is 14.0. The summed E-state index contributed by atoms with van der Waals surface area (Å²) < 4.78 is 0. The van der Waals surface area contributed by atoms with Crippen molar-refractivity contribution in [2.45, 2.75) is 51.2 Å². The molecule has 0 heterocycles. The molecule has 2 atom stereocenters. The molecule has 1 aliphatic rings. The van der Waals surface area contributed by atoms with Crippen LogP contribution in [0.15, 0.2) is 18.2 Å². The van der Waals surface area contributed by atoms with Crippen LogP contribution >= 0.6 is 23.2 Å². The third-order valence-electron chi connectivity index (χ3n) is 4.22. The third kappa shape index (κ3) is 4.11. The Morgan fingerprint density at radius 3 is 2.60 bits per heavy atom. The molecule has 0 radical (unpaired) electrons. The zero-order valence-electron chi connectivity index (χ0n) is 12.5. The number of likely N-dealkylation sites (N-methyl/N-ethyl adjacent to an activating group) is 1. The van der Waals surface area contributed by atoms with Gasteiger partial charge in [0, 0.05) is 34.7 Å². The van der Waals surface area contributed by atoms with Crippen LogP contribution in [-0.4, -0.2) is 30.6 Å². The maximum absolute atomic E-state index is 6.31. The second-order valence-corrected chi connectivity index (χ2v) is 6.62. The summed E-state index contributed by atoms with van der Waals surface area (Å²) in [6.07, 6.45) is 3.71. The van der Waals surface area contributed by atoms with Gasteiger partial charge in [-0.05, 0) is 50.9 Å². The molecule has 1 fully saturated rings. The zero-order chi connectivity index (χ0) is 14.7. The standard InChI is InChI=1S/C16H24Cl2N2/c1-4-16(14-8-5-12(17)9-15(14)18)19-10-11(2)20(3)13-6-7-13/h5,8-9,11,13,16,19H,4,6-7,10H2,1-3H3. The topological polar surface area (TPSA) is 15.3 Å². The van der Waals surface area contributed by atoms with Crippen LogP contribution in [0.25, 0.3) is 0 Å². The monoisotopic (exact) mass is 314 g/mol. The molecule has 0 bridgehead atoms. The normalized spacial score (nSPS) is 18.3. The summed E-state index contributed by atoms with van der Waals surface area (Å²) in [7, 11) is 2.22. The van der Waals surface area contributed by atoms with Crippen molar-refractivity contribution in [3.63, 3.8) is 0 Å². The number of hydrogen-bond acceptors (Lipinski definition) is 2. The first-order valence-electron chi connectivity index (χ1n) is 7.43. The van der Waals surface area contributed by atoms with Gasteiger partial charge in [0.2, 0.25) is 0 Å². The van der Waals surface area contributed by atoms with Crippen molar-refractivity contribution in [2.75, 3.05) is 13.6 Å². The van der Waals surface area contributed by atoms with Gasteiger partial charge in [-0.1, -0.05) is 36.2 Å². The molecule has 112 valence electrons. The summed E-state index contributed by atoms with van der Waals surface area (Å²) >= 11 is 12.3. The average molecular weight is 315 g/mol. The van der Waals surface area contributed by atoms with Crippen molar-refractivity contribution < 1.29 is 0 Å². The van der Waals surface area contributed by atoms with Crippen LogP contribution in [0.5, 0.6) is 0 Å². The first-order chi connectivity index (χ1) is 9.52. The molecule has 2 nitrogen and oxygen atoms in total. The molecular formula is C16H24Cl2N2. The highest BCUT2D eigenvalue weighted by Gasteiger charge is 2.29. The lowest BCUT2D eigenvalue weighted by Gasteiger charge is -2.27. The summed E-state index contributed by atoms with van der Waals surface area (Å²) in [4.78, 5) is 2.48. The Balaban J connectivity index is 1.94. The molecule has 1 aromatic carbocycles. The highest BCUT2D eigenvalue weighted by atomic mass is 35.5. The van der Waals surface area contributed by atoms with Gasteiger partial charge >= 0.3 is 0 Å². The first-order valence-corrected chi connectivity index (χ1v) is 8.18. The highest BCUT2D eigenvalue weighted by Crippen LogP contribution is 2.29. The van der Waals surface area contributed by atoms with E-state index in [1.54, 1.807) is 0 Å². The van der Waals surface area contributed by atoms with E-state index in [1.165, 1.54) is 12.8 Å². The van der Waals surface area contributed by atoms with Crippen molar-refractivity contribution in [1.29, 1.82) is 0 Å². The molecule has 0 aromatic heterocycles. The molecule has 1 saturated carbocycles. The molecule has 1 aromatic rings. The number of benzene rings is 1. The van der Waals surface area contributed by atoms with Gasteiger partial charge in [0.1, 0.15) is 0 Å². The van der Waals surface area contributed by atoms with Gasteiger partial charge in [-0.2, -0.15) is 0 Å². The Bertz CT molecular complexity index is 446. The predicted octanol–water partition coefficient (Wildman–Crippen LogP) is 4.52. The summed E-state index contributed by atoms with van der Waals surface area (Å²) in [5.41, 5.74) is 1.14. The smallest absolute Gasteiger partial charge is 0.0468 e. The molecule has 0 saturated heterocycles. The van der Waals surface area contributed by atoms with E-state index in [4.69, 9.17) is 23.2 Å². The van der Waals surface area contributed by atoms with Crippen LogP contribution in [0.2, 0.25) is 10.0 Å². The van der Waals surface area contributed by atoms with Crippen LogP contribution in [0.1, 0.15) is 44.7 Å². The van der Waals surface area contributed by atoms with Crippen molar-refractivity contribution in [3.05, 3.63) is 33.8 Å². The molecule has 4 heteroatoms. The fourth-order valence-corrected chi connectivity index (χ4v) is 3.10. The molecule has 20 heavy (non-hydrogen) atoms. The minimum Gasteiger partial charge on any atom is -0.308 e. The van der Waals surface area contributed by atoms with Crippen LogP contribution in [0.3, 0.4) is 0 Å². The number of nitrogens with zero attached hydrogens (tertiary/aromatic N) is 1. The fourth-order valence-electron chi connectivity index (χ4n) is 2.56. The van der Waals surface area contributed by atoms with Crippen molar-refractivity contribution >= 4 is 23.2 Å². The second-order valence-electron chi connectivity index (χ2n) is 5.78. The number of rotatable bonds is 7. The fraction of sp³-hybridized carbons (Fsp3) is 0.625. The van der Waals surface area contributed by atoms with Gasteiger partial charge in [0.25, 0.3) is 0 Å².